The predicted molar refractivity (Wildman–Crippen MR) is 125 cm³/mol. The zero-order chi connectivity index (χ0) is 21.8. The molecule has 0 aliphatic heterocycles. The van der Waals surface area contributed by atoms with Crippen molar-refractivity contribution in [2.24, 2.45) is 0 Å². The summed E-state index contributed by atoms with van der Waals surface area (Å²) < 4.78 is 18.6. The van der Waals surface area contributed by atoms with E-state index >= 15 is 0 Å². The molecule has 176 valence electrons. The molecule has 5 heteroatoms. The van der Waals surface area contributed by atoms with Crippen LogP contribution in [0.1, 0.15) is 124 Å². The van der Waals surface area contributed by atoms with E-state index in [9.17, 15) is 9.46 Å². The molecule has 0 aromatic heterocycles. The van der Waals surface area contributed by atoms with Crippen LogP contribution in [0.5, 0.6) is 0 Å². The Bertz CT molecular complexity index is 388. The molecule has 0 aliphatic rings. The van der Waals surface area contributed by atoms with E-state index in [1.807, 2.05) is 0 Å². The molecular formula is C24H52NO3P. The monoisotopic (exact) mass is 433 g/mol. The van der Waals surface area contributed by atoms with Gasteiger partial charge in [0.05, 0.1) is 26.7 Å². The maximum atomic E-state index is 12.6. The molecule has 0 saturated heterocycles. The van der Waals surface area contributed by atoms with E-state index in [1.54, 1.807) is 0 Å². The zero-order valence-corrected chi connectivity index (χ0v) is 21.2. The lowest BCUT2D eigenvalue weighted by atomic mass is 10.1. The van der Waals surface area contributed by atoms with Crippen molar-refractivity contribution in [2.75, 3.05) is 33.0 Å². The van der Waals surface area contributed by atoms with E-state index in [1.165, 1.54) is 64.2 Å². The summed E-state index contributed by atoms with van der Waals surface area (Å²) in [5, 5.41) is 0. The molecule has 1 atom stereocenters. The van der Waals surface area contributed by atoms with Gasteiger partial charge in [0.25, 0.3) is 0 Å². The van der Waals surface area contributed by atoms with Gasteiger partial charge < -0.3 is 18.5 Å². The number of unbranched alkanes of at least 4 members (excludes halogenated alkanes) is 13. The van der Waals surface area contributed by atoms with Gasteiger partial charge in [0.15, 0.2) is 7.60 Å². The molecule has 0 aromatic rings. The average Bonchev–Trinajstić information content (AvgIpc) is 2.67. The van der Waals surface area contributed by atoms with Crippen molar-refractivity contribution in [1.29, 1.82) is 0 Å². The summed E-state index contributed by atoms with van der Waals surface area (Å²) in [6, 6.07) is 0. The molecule has 1 unspecified atom stereocenters. The summed E-state index contributed by atoms with van der Waals surface area (Å²) in [5.41, 5.74) is 0. The lowest BCUT2D eigenvalue weighted by Crippen LogP contribution is -2.47. The van der Waals surface area contributed by atoms with Crippen LogP contribution in [0.25, 0.3) is 0 Å². The van der Waals surface area contributed by atoms with Gasteiger partial charge in [-0.2, -0.15) is 0 Å². The Balaban J connectivity index is 4.47. The number of nitrogens with zero attached hydrogens (tertiary/aromatic N) is 1. The second-order valence-electron chi connectivity index (χ2n) is 9.25. The minimum absolute atomic E-state index is 0.157. The molecule has 0 saturated carbocycles. The lowest BCUT2D eigenvalue weighted by Gasteiger charge is -2.39. The van der Waals surface area contributed by atoms with E-state index in [0.29, 0.717) is 11.1 Å². The van der Waals surface area contributed by atoms with Crippen molar-refractivity contribution in [3.63, 3.8) is 0 Å². The van der Waals surface area contributed by atoms with Crippen molar-refractivity contribution in [3.05, 3.63) is 0 Å². The molecular weight excluding hydrogens is 381 g/mol. The van der Waals surface area contributed by atoms with Crippen molar-refractivity contribution in [1.82, 2.24) is 0 Å². The van der Waals surface area contributed by atoms with Crippen molar-refractivity contribution >= 4 is 7.60 Å². The SMILES string of the molecule is CCCCCCCC[N+](C)(CCCCCCCC)CP(=O)([O-])OCCCCCC. The fourth-order valence-corrected chi connectivity index (χ4v) is 5.60. The first-order chi connectivity index (χ1) is 13.9. The summed E-state index contributed by atoms with van der Waals surface area (Å²) in [7, 11) is -1.64. The maximum absolute atomic E-state index is 12.6. The number of quaternary nitrogens is 1. The molecule has 0 spiro atoms. The molecule has 0 aromatic carbocycles. The molecule has 0 bridgehead atoms. The van der Waals surface area contributed by atoms with Gasteiger partial charge in [-0.05, 0) is 32.1 Å². The summed E-state index contributed by atoms with van der Waals surface area (Å²) in [6.07, 6.45) is 19.3. The first-order valence-corrected chi connectivity index (χ1v) is 14.4. The van der Waals surface area contributed by atoms with Crippen LogP contribution in [0.3, 0.4) is 0 Å². The molecule has 0 N–H and O–H groups in total. The highest BCUT2D eigenvalue weighted by atomic mass is 31.2. The minimum atomic E-state index is -3.77. The van der Waals surface area contributed by atoms with E-state index in [-0.39, 0.29) is 6.29 Å². The minimum Gasteiger partial charge on any atom is -0.774 e. The largest absolute Gasteiger partial charge is 0.774 e. The second kappa shape index (κ2) is 18.8. The topological polar surface area (TPSA) is 49.4 Å². The van der Waals surface area contributed by atoms with Gasteiger partial charge >= 0.3 is 0 Å². The smallest absolute Gasteiger partial charge is 0.189 e. The summed E-state index contributed by atoms with van der Waals surface area (Å²) >= 11 is 0. The Morgan fingerprint density at radius 3 is 1.48 bits per heavy atom. The number of rotatable bonds is 22. The molecule has 0 radical (unpaired) electrons. The van der Waals surface area contributed by atoms with Crippen LogP contribution >= 0.6 is 7.60 Å². The van der Waals surface area contributed by atoms with Gasteiger partial charge in [-0.15, -0.1) is 0 Å². The highest BCUT2D eigenvalue weighted by molar-refractivity contribution is 7.51. The fourth-order valence-electron chi connectivity index (χ4n) is 3.99. The van der Waals surface area contributed by atoms with Gasteiger partial charge in [-0.25, -0.2) is 0 Å². The van der Waals surface area contributed by atoms with E-state index in [2.05, 4.69) is 27.8 Å². The molecule has 0 heterocycles. The van der Waals surface area contributed by atoms with Gasteiger partial charge in [-0.3, -0.25) is 0 Å². The molecule has 4 nitrogen and oxygen atoms in total. The van der Waals surface area contributed by atoms with Gasteiger partial charge in [0.2, 0.25) is 0 Å². The van der Waals surface area contributed by atoms with Gasteiger partial charge in [0.1, 0.15) is 6.29 Å². The standard InChI is InChI=1S/C24H52NO3P/c1-5-8-11-14-16-18-21-25(4,22-19-17-15-12-9-6-2)24-29(26,27)28-23-20-13-10-7-3/h5-24H2,1-4H3. The quantitative estimate of drug-likeness (QED) is 0.102. The third kappa shape index (κ3) is 18.6. The molecule has 0 amide bonds. The van der Waals surface area contributed by atoms with Crippen LogP contribution in [0.15, 0.2) is 0 Å². The number of hydrogen-bond donors (Lipinski definition) is 0. The third-order valence-corrected chi connectivity index (χ3v) is 7.51. The van der Waals surface area contributed by atoms with E-state index < -0.39 is 7.60 Å². The number of hydrogen-bond acceptors (Lipinski definition) is 3. The highest BCUT2D eigenvalue weighted by Crippen LogP contribution is 2.40. The third-order valence-electron chi connectivity index (χ3n) is 5.90. The van der Waals surface area contributed by atoms with Gasteiger partial charge in [-0.1, -0.05) is 91.4 Å². The first-order valence-electron chi connectivity index (χ1n) is 12.7. The summed E-state index contributed by atoms with van der Waals surface area (Å²) in [6.45, 7) is 8.89. The van der Waals surface area contributed by atoms with Crippen LogP contribution in [0.2, 0.25) is 0 Å². The highest BCUT2D eigenvalue weighted by Gasteiger charge is 2.27. The Kier molecular flexibility index (Phi) is 18.9. The van der Waals surface area contributed by atoms with Gasteiger partial charge in [0, 0.05) is 0 Å². The molecule has 0 rings (SSSR count). The normalized spacial score (nSPS) is 14.2. The van der Waals surface area contributed by atoms with Crippen molar-refractivity contribution in [3.8, 4) is 0 Å². The van der Waals surface area contributed by atoms with E-state index in [0.717, 1.165) is 51.6 Å². The Labute approximate surface area is 182 Å². The predicted octanol–water partition coefficient (Wildman–Crippen LogP) is 7.26. The Morgan fingerprint density at radius 1 is 0.655 bits per heavy atom. The maximum Gasteiger partial charge on any atom is 0.189 e. The Morgan fingerprint density at radius 2 is 1.03 bits per heavy atom. The zero-order valence-electron chi connectivity index (χ0n) is 20.3. The fraction of sp³-hybridized carbons (Fsp3) is 1.00. The lowest BCUT2D eigenvalue weighted by molar-refractivity contribution is -0.900. The van der Waals surface area contributed by atoms with E-state index in [4.69, 9.17) is 4.52 Å². The average molecular weight is 434 g/mol. The van der Waals surface area contributed by atoms with Crippen LogP contribution in [-0.2, 0) is 9.09 Å². The van der Waals surface area contributed by atoms with Crippen LogP contribution < -0.4 is 4.89 Å². The molecule has 0 aliphatic carbocycles. The van der Waals surface area contributed by atoms with Crippen LogP contribution in [-0.4, -0.2) is 37.5 Å². The summed E-state index contributed by atoms with van der Waals surface area (Å²) in [5.74, 6) is 0. The molecule has 0 fully saturated rings. The van der Waals surface area contributed by atoms with Crippen LogP contribution in [0, 0.1) is 0 Å². The Hall–Kier alpha value is 0.110. The first kappa shape index (κ1) is 29.1. The van der Waals surface area contributed by atoms with Crippen LogP contribution in [0.4, 0.5) is 0 Å². The van der Waals surface area contributed by atoms with Crippen molar-refractivity contribution in [2.45, 2.75) is 124 Å². The second-order valence-corrected chi connectivity index (χ2v) is 11.0. The molecule has 29 heavy (non-hydrogen) atoms. The summed E-state index contributed by atoms with van der Waals surface area (Å²) in [4.78, 5) is 12.6. The van der Waals surface area contributed by atoms with Crippen molar-refractivity contribution < 1.29 is 18.5 Å².